The van der Waals surface area contributed by atoms with Crippen molar-refractivity contribution in [1.29, 1.82) is 0 Å². The third kappa shape index (κ3) is 4.38. The van der Waals surface area contributed by atoms with Crippen molar-refractivity contribution in [1.82, 2.24) is 25.2 Å². The summed E-state index contributed by atoms with van der Waals surface area (Å²) in [4.78, 5) is 2.58. The van der Waals surface area contributed by atoms with Crippen molar-refractivity contribution in [3.63, 3.8) is 0 Å². The van der Waals surface area contributed by atoms with Crippen molar-refractivity contribution in [2.75, 3.05) is 26.2 Å². The van der Waals surface area contributed by atoms with Crippen molar-refractivity contribution in [3.8, 4) is 0 Å². The second kappa shape index (κ2) is 7.48. The summed E-state index contributed by atoms with van der Waals surface area (Å²) in [5.41, 5.74) is 0. The van der Waals surface area contributed by atoms with E-state index in [1.165, 1.54) is 38.9 Å². The molecule has 0 amide bonds. The van der Waals surface area contributed by atoms with E-state index in [0.717, 1.165) is 19.5 Å². The molecule has 102 valence electrons. The van der Waals surface area contributed by atoms with Gasteiger partial charge in [0.15, 0.2) is 0 Å². The summed E-state index contributed by atoms with van der Waals surface area (Å²) in [6.45, 7) is 7.98. The molecule has 0 spiro atoms. The van der Waals surface area contributed by atoms with Crippen LogP contribution in [-0.4, -0.2) is 52.1 Å². The Morgan fingerprint density at radius 1 is 1.39 bits per heavy atom. The smallest absolute Gasteiger partial charge is 0.0692 e. The molecule has 0 radical (unpaired) electrons. The van der Waals surface area contributed by atoms with E-state index in [9.17, 15) is 0 Å². The molecular weight excluding hydrogens is 226 g/mol. The minimum absolute atomic E-state index is 0.699. The molecule has 1 saturated heterocycles. The molecule has 18 heavy (non-hydrogen) atoms. The Bertz CT molecular complexity index is 311. The summed E-state index contributed by atoms with van der Waals surface area (Å²) in [5.74, 6) is 0. The Morgan fingerprint density at radius 3 is 3.11 bits per heavy atom. The van der Waals surface area contributed by atoms with Gasteiger partial charge in [-0.2, -0.15) is 0 Å². The molecule has 5 heteroatoms. The van der Waals surface area contributed by atoms with Crippen molar-refractivity contribution in [3.05, 3.63) is 12.4 Å². The third-order valence-electron chi connectivity index (χ3n) is 3.52. The first-order valence-corrected chi connectivity index (χ1v) is 7.18. The zero-order valence-corrected chi connectivity index (χ0v) is 11.4. The van der Waals surface area contributed by atoms with Gasteiger partial charge in [-0.1, -0.05) is 12.1 Å². The zero-order chi connectivity index (χ0) is 12.6. The highest BCUT2D eigenvalue weighted by Gasteiger charge is 2.18. The van der Waals surface area contributed by atoms with Crippen LogP contribution in [0.4, 0.5) is 0 Å². The van der Waals surface area contributed by atoms with E-state index in [-0.39, 0.29) is 0 Å². The van der Waals surface area contributed by atoms with Crippen molar-refractivity contribution in [2.24, 2.45) is 0 Å². The highest BCUT2D eigenvalue weighted by Crippen LogP contribution is 2.10. The van der Waals surface area contributed by atoms with E-state index in [0.29, 0.717) is 6.04 Å². The van der Waals surface area contributed by atoms with Crippen molar-refractivity contribution >= 4 is 0 Å². The molecule has 1 unspecified atom stereocenters. The minimum atomic E-state index is 0.699. The molecule has 1 aliphatic rings. The maximum Gasteiger partial charge on any atom is 0.0692 e. The molecule has 1 aromatic rings. The van der Waals surface area contributed by atoms with Crippen LogP contribution in [0.5, 0.6) is 0 Å². The quantitative estimate of drug-likeness (QED) is 0.789. The average Bonchev–Trinajstić information content (AvgIpc) is 2.90. The molecule has 0 aliphatic carbocycles. The third-order valence-corrected chi connectivity index (χ3v) is 3.52. The number of aryl methyl sites for hydroxylation is 1. The first kappa shape index (κ1) is 13.5. The number of piperidine rings is 1. The summed E-state index contributed by atoms with van der Waals surface area (Å²) in [6.07, 6.45) is 8.71. The standard InChI is InChI=1S/C13H25N5/c1-2-6-14-13-5-3-8-17(12-13)9-4-10-18-11-7-15-16-18/h7,11,13-14H,2-6,8-10,12H2,1H3. The molecule has 0 aromatic carbocycles. The van der Waals surface area contributed by atoms with Crippen molar-refractivity contribution in [2.45, 2.75) is 45.2 Å². The number of likely N-dealkylation sites (tertiary alicyclic amines) is 1. The van der Waals surface area contributed by atoms with E-state index in [2.05, 4.69) is 27.5 Å². The van der Waals surface area contributed by atoms with Crippen LogP contribution >= 0.6 is 0 Å². The van der Waals surface area contributed by atoms with Crippen LogP contribution < -0.4 is 5.32 Å². The van der Waals surface area contributed by atoms with Gasteiger partial charge in [-0.15, -0.1) is 5.10 Å². The second-order valence-electron chi connectivity index (χ2n) is 5.11. The molecule has 2 rings (SSSR count). The molecule has 1 aromatic heterocycles. The highest BCUT2D eigenvalue weighted by molar-refractivity contribution is 4.78. The predicted octanol–water partition coefficient (Wildman–Crippen LogP) is 1.13. The lowest BCUT2D eigenvalue weighted by molar-refractivity contribution is 0.186. The highest BCUT2D eigenvalue weighted by atomic mass is 15.4. The monoisotopic (exact) mass is 251 g/mol. The van der Waals surface area contributed by atoms with Gasteiger partial charge in [-0.25, -0.2) is 0 Å². The van der Waals surface area contributed by atoms with Crippen LogP contribution in [0.25, 0.3) is 0 Å². The average molecular weight is 251 g/mol. The normalized spacial score (nSPS) is 21.3. The summed E-state index contributed by atoms with van der Waals surface area (Å²) in [7, 11) is 0. The van der Waals surface area contributed by atoms with Crippen LogP contribution in [0.15, 0.2) is 12.4 Å². The van der Waals surface area contributed by atoms with E-state index in [1.54, 1.807) is 6.20 Å². The molecule has 1 aliphatic heterocycles. The Balaban J connectivity index is 1.63. The molecular formula is C13H25N5. The van der Waals surface area contributed by atoms with Gasteiger partial charge in [0, 0.05) is 25.3 Å². The first-order valence-electron chi connectivity index (χ1n) is 7.18. The molecule has 5 nitrogen and oxygen atoms in total. The first-order chi connectivity index (χ1) is 8.88. The predicted molar refractivity (Wildman–Crippen MR) is 72.4 cm³/mol. The van der Waals surface area contributed by atoms with Gasteiger partial charge in [0.25, 0.3) is 0 Å². The summed E-state index contributed by atoms with van der Waals surface area (Å²) < 4.78 is 1.91. The molecule has 2 heterocycles. The Morgan fingerprint density at radius 2 is 2.33 bits per heavy atom. The van der Waals surface area contributed by atoms with E-state index in [1.807, 2.05) is 10.9 Å². The van der Waals surface area contributed by atoms with Crippen LogP contribution in [0, 0.1) is 0 Å². The van der Waals surface area contributed by atoms with Gasteiger partial charge in [-0.05, 0) is 45.3 Å². The fourth-order valence-corrected chi connectivity index (χ4v) is 2.58. The number of hydrogen-bond donors (Lipinski definition) is 1. The van der Waals surface area contributed by atoms with Gasteiger partial charge >= 0.3 is 0 Å². The Hall–Kier alpha value is -0.940. The Labute approximate surface area is 110 Å². The van der Waals surface area contributed by atoms with E-state index in [4.69, 9.17) is 0 Å². The number of nitrogens with one attached hydrogen (secondary N) is 1. The molecule has 1 fully saturated rings. The molecule has 0 bridgehead atoms. The number of nitrogens with zero attached hydrogens (tertiary/aromatic N) is 4. The lowest BCUT2D eigenvalue weighted by Crippen LogP contribution is -2.46. The van der Waals surface area contributed by atoms with Gasteiger partial charge < -0.3 is 10.2 Å². The number of hydrogen-bond acceptors (Lipinski definition) is 4. The largest absolute Gasteiger partial charge is 0.313 e. The van der Waals surface area contributed by atoms with Crippen LogP contribution in [-0.2, 0) is 6.54 Å². The molecule has 0 saturated carbocycles. The maximum absolute atomic E-state index is 3.99. The molecule has 1 N–H and O–H groups in total. The second-order valence-corrected chi connectivity index (χ2v) is 5.11. The SMILES string of the molecule is CCCNC1CCCN(CCCn2ccnn2)C1. The fourth-order valence-electron chi connectivity index (χ4n) is 2.58. The summed E-state index contributed by atoms with van der Waals surface area (Å²) >= 11 is 0. The summed E-state index contributed by atoms with van der Waals surface area (Å²) in [6, 6.07) is 0.699. The van der Waals surface area contributed by atoms with Gasteiger partial charge in [-0.3, -0.25) is 4.68 Å². The van der Waals surface area contributed by atoms with Gasteiger partial charge in [0.05, 0.1) is 6.20 Å². The minimum Gasteiger partial charge on any atom is -0.313 e. The Kier molecular flexibility index (Phi) is 5.61. The van der Waals surface area contributed by atoms with Crippen LogP contribution in [0.2, 0.25) is 0 Å². The van der Waals surface area contributed by atoms with Gasteiger partial charge in [0.1, 0.15) is 0 Å². The van der Waals surface area contributed by atoms with E-state index >= 15 is 0 Å². The topological polar surface area (TPSA) is 46.0 Å². The van der Waals surface area contributed by atoms with E-state index < -0.39 is 0 Å². The maximum atomic E-state index is 3.99. The lowest BCUT2D eigenvalue weighted by atomic mass is 10.1. The van der Waals surface area contributed by atoms with Gasteiger partial charge in [0.2, 0.25) is 0 Å². The van der Waals surface area contributed by atoms with Crippen LogP contribution in [0.3, 0.4) is 0 Å². The zero-order valence-electron chi connectivity index (χ0n) is 11.4. The summed E-state index contributed by atoms with van der Waals surface area (Å²) in [5, 5.41) is 11.4. The number of aromatic nitrogens is 3. The number of rotatable bonds is 7. The molecule has 1 atom stereocenters. The van der Waals surface area contributed by atoms with Crippen LogP contribution in [0.1, 0.15) is 32.6 Å². The fraction of sp³-hybridized carbons (Fsp3) is 0.846. The lowest BCUT2D eigenvalue weighted by Gasteiger charge is -2.33. The van der Waals surface area contributed by atoms with Crippen molar-refractivity contribution < 1.29 is 0 Å².